The second-order valence-electron chi connectivity index (χ2n) is 9.52. The van der Waals surface area contributed by atoms with Crippen molar-refractivity contribution in [1.82, 2.24) is 0 Å². The number of hydrogen-bond donors (Lipinski definition) is 0. The van der Waals surface area contributed by atoms with Crippen LogP contribution in [0.25, 0.3) is 0 Å². The Morgan fingerprint density at radius 2 is 1.75 bits per heavy atom. The molecule has 0 nitrogen and oxygen atoms in total. The fraction of sp³-hybridized carbons (Fsp3) is 0.704. The van der Waals surface area contributed by atoms with E-state index in [1.54, 1.807) is 0 Å². The third-order valence-corrected chi connectivity index (χ3v) is 6.74. The molecule has 0 aliphatic heterocycles. The average Bonchev–Trinajstić information content (AvgIpc) is 2.86. The molecule has 5 unspecified atom stereocenters. The zero-order valence-corrected chi connectivity index (χ0v) is 19.6. The van der Waals surface area contributed by atoms with Crippen LogP contribution in [0, 0.1) is 23.7 Å². The van der Waals surface area contributed by atoms with Gasteiger partial charge in [0.1, 0.15) is 0 Å². The highest BCUT2D eigenvalue weighted by Crippen LogP contribution is 2.37. The van der Waals surface area contributed by atoms with Crippen LogP contribution in [0.5, 0.6) is 0 Å². The largest absolute Gasteiger partial charge is 0.0998 e. The van der Waals surface area contributed by atoms with E-state index in [2.05, 4.69) is 72.4 Å². The molecule has 0 bridgehead atoms. The van der Waals surface area contributed by atoms with Gasteiger partial charge in [-0.05, 0) is 61.5 Å². The van der Waals surface area contributed by atoms with Crippen molar-refractivity contribution in [2.24, 2.45) is 23.7 Å². The third kappa shape index (κ3) is 9.02. The first-order valence-electron chi connectivity index (χ1n) is 11.7. The van der Waals surface area contributed by atoms with E-state index in [0.717, 1.165) is 24.7 Å². The van der Waals surface area contributed by atoms with Crippen molar-refractivity contribution in [3.05, 3.63) is 47.6 Å². The first-order chi connectivity index (χ1) is 13.3. The van der Waals surface area contributed by atoms with Crippen molar-refractivity contribution < 1.29 is 0 Å². The summed E-state index contributed by atoms with van der Waals surface area (Å²) in [6.07, 6.45) is 19.2. The predicted molar refractivity (Wildman–Crippen MR) is 129 cm³/mol. The molecule has 0 fully saturated rings. The topological polar surface area (TPSA) is 0 Å². The van der Waals surface area contributed by atoms with Crippen molar-refractivity contribution in [3.8, 4) is 0 Å². The lowest BCUT2D eigenvalue weighted by molar-refractivity contribution is 0.292. The van der Waals surface area contributed by atoms with E-state index in [-0.39, 0.29) is 0 Å². The molecule has 0 saturated heterocycles. The molecular formula is C27H45B. The fourth-order valence-corrected chi connectivity index (χ4v) is 4.50. The molecule has 156 valence electrons. The quantitative estimate of drug-likeness (QED) is 0.221. The molecule has 1 heteroatoms. The summed E-state index contributed by atoms with van der Waals surface area (Å²) in [6, 6.07) is 0. The van der Waals surface area contributed by atoms with E-state index in [4.69, 9.17) is 7.85 Å². The van der Waals surface area contributed by atoms with Crippen LogP contribution in [0.3, 0.4) is 0 Å². The summed E-state index contributed by atoms with van der Waals surface area (Å²) in [7, 11) is 6.01. The van der Waals surface area contributed by atoms with Gasteiger partial charge in [0.2, 0.25) is 0 Å². The maximum absolute atomic E-state index is 6.01. The third-order valence-electron chi connectivity index (χ3n) is 6.74. The zero-order valence-electron chi connectivity index (χ0n) is 19.6. The van der Waals surface area contributed by atoms with Gasteiger partial charge in [-0.3, -0.25) is 0 Å². The molecule has 0 aromatic rings. The standard InChI is InChI=1S/C27H45B/c1-8-21(4)17-18-25(15-12-14-23(6)28)19-27(20(2)3)24(7)26-16-11-9-10-13-22(26)5/h10-11,13,16,21,23-25,27H,2,8-9,12,14-15,17-19H2,1,3-7H3. The number of rotatable bonds is 13. The van der Waals surface area contributed by atoms with Crippen molar-refractivity contribution in [3.63, 3.8) is 0 Å². The summed E-state index contributed by atoms with van der Waals surface area (Å²) in [5.74, 6) is 3.01. The van der Waals surface area contributed by atoms with Crippen LogP contribution in [0.1, 0.15) is 92.9 Å². The highest BCUT2D eigenvalue weighted by Gasteiger charge is 2.25. The van der Waals surface area contributed by atoms with Crippen LogP contribution in [0.15, 0.2) is 47.6 Å². The minimum atomic E-state index is 0.321. The molecule has 0 aromatic carbocycles. The molecule has 1 rings (SSSR count). The normalized spacial score (nSPS) is 19.8. The Balaban J connectivity index is 2.91. The summed E-state index contributed by atoms with van der Waals surface area (Å²) < 4.78 is 0. The van der Waals surface area contributed by atoms with Gasteiger partial charge in [-0.2, -0.15) is 0 Å². The molecule has 5 atom stereocenters. The highest BCUT2D eigenvalue weighted by molar-refractivity contribution is 6.11. The van der Waals surface area contributed by atoms with E-state index in [1.807, 2.05) is 0 Å². The van der Waals surface area contributed by atoms with Crippen molar-refractivity contribution in [2.45, 2.75) is 98.7 Å². The molecule has 0 spiro atoms. The smallest absolute Gasteiger partial charge is 0.0695 e. The molecular weight excluding hydrogens is 335 g/mol. The average molecular weight is 380 g/mol. The lowest BCUT2D eigenvalue weighted by Gasteiger charge is -2.31. The van der Waals surface area contributed by atoms with E-state index >= 15 is 0 Å². The van der Waals surface area contributed by atoms with Crippen LogP contribution >= 0.6 is 0 Å². The molecule has 28 heavy (non-hydrogen) atoms. The van der Waals surface area contributed by atoms with Gasteiger partial charge < -0.3 is 0 Å². The molecule has 2 radical (unpaired) electrons. The minimum Gasteiger partial charge on any atom is -0.0998 e. The molecule has 0 saturated carbocycles. The number of allylic oxidation sites excluding steroid dienone is 7. The van der Waals surface area contributed by atoms with Gasteiger partial charge in [0.05, 0.1) is 7.85 Å². The lowest BCUT2D eigenvalue weighted by atomic mass is 9.74. The van der Waals surface area contributed by atoms with Crippen LogP contribution in [-0.2, 0) is 0 Å². The Labute approximate surface area is 178 Å². The van der Waals surface area contributed by atoms with E-state index in [9.17, 15) is 0 Å². The first-order valence-corrected chi connectivity index (χ1v) is 11.7. The van der Waals surface area contributed by atoms with Crippen LogP contribution in [-0.4, -0.2) is 7.85 Å². The van der Waals surface area contributed by atoms with E-state index in [0.29, 0.717) is 17.7 Å². The highest BCUT2D eigenvalue weighted by atomic mass is 14.3. The Morgan fingerprint density at radius 1 is 1.07 bits per heavy atom. The van der Waals surface area contributed by atoms with E-state index in [1.165, 1.54) is 55.2 Å². The van der Waals surface area contributed by atoms with Crippen LogP contribution < -0.4 is 0 Å². The van der Waals surface area contributed by atoms with Gasteiger partial charge in [0.25, 0.3) is 0 Å². The molecule has 1 aliphatic carbocycles. The summed E-state index contributed by atoms with van der Waals surface area (Å²) in [6.45, 7) is 18.2. The van der Waals surface area contributed by atoms with Crippen LogP contribution in [0.2, 0.25) is 5.82 Å². The van der Waals surface area contributed by atoms with Gasteiger partial charge in [0, 0.05) is 0 Å². The second-order valence-corrected chi connectivity index (χ2v) is 9.52. The minimum absolute atomic E-state index is 0.321. The summed E-state index contributed by atoms with van der Waals surface area (Å²) in [4.78, 5) is 0. The molecule has 0 heterocycles. The summed E-state index contributed by atoms with van der Waals surface area (Å²) >= 11 is 0. The zero-order chi connectivity index (χ0) is 21.1. The maximum atomic E-state index is 6.01. The summed E-state index contributed by atoms with van der Waals surface area (Å²) in [5, 5.41) is 0. The van der Waals surface area contributed by atoms with Crippen LogP contribution in [0.4, 0.5) is 0 Å². The molecule has 1 aliphatic rings. The molecule has 0 aromatic heterocycles. The Bertz CT molecular complexity index is 549. The van der Waals surface area contributed by atoms with Gasteiger partial charge in [0.15, 0.2) is 0 Å². The number of hydrogen-bond acceptors (Lipinski definition) is 0. The van der Waals surface area contributed by atoms with Crippen molar-refractivity contribution in [2.75, 3.05) is 0 Å². The van der Waals surface area contributed by atoms with Gasteiger partial charge in [-0.1, -0.05) is 108 Å². The fourth-order valence-electron chi connectivity index (χ4n) is 4.50. The Kier molecular flexibility index (Phi) is 11.9. The lowest BCUT2D eigenvalue weighted by Crippen LogP contribution is -2.20. The predicted octanol–water partition coefficient (Wildman–Crippen LogP) is 8.63. The SMILES string of the molecule is [B]C(C)CCCC(CCC(C)CC)CC(C(=C)C)C(C)C1=C(C)C=CCC=C1. The molecule has 0 amide bonds. The van der Waals surface area contributed by atoms with Crippen molar-refractivity contribution >= 4 is 7.85 Å². The Morgan fingerprint density at radius 3 is 2.36 bits per heavy atom. The Hall–Kier alpha value is -0.975. The first kappa shape index (κ1) is 25.1. The van der Waals surface area contributed by atoms with Gasteiger partial charge in [-0.25, -0.2) is 0 Å². The van der Waals surface area contributed by atoms with Gasteiger partial charge >= 0.3 is 0 Å². The molecule has 0 N–H and O–H groups in total. The summed E-state index contributed by atoms with van der Waals surface area (Å²) in [5.41, 5.74) is 4.26. The van der Waals surface area contributed by atoms with Crippen molar-refractivity contribution in [1.29, 1.82) is 0 Å². The van der Waals surface area contributed by atoms with E-state index < -0.39 is 0 Å². The monoisotopic (exact) mass is 380 g/mol. The second kappa shape index (κ2) is 13.3. The van der Waals surface area contributed by atoms with Gasteiger partial charge in [-0.15, -0.1) is 0 Å². The maximum Gasteiger partial charge on any atom is 0.0695 e.